The van der Waals surface area contributed by atoms with Gasteiger partial charge in [-0.1, -0.05) is 46.9 Å². The minimum absolute atomic E-state index is 0.0520. The second kappa shape index (κ2) is 7.79. The highest BCUT2D eigenvalue weighted by Crippen LogP contribution is 2.12. The molecule has 20 heavy (non-hydrogen) atoms. The van der Waals surface area contributed by atoms with Crippen LogP contribution < -0.4 is 5.32 Å². The molecule has 0 saturated carbocycles. The fourth-order valence-electron chi connectivity index (χ4n) is 1.64. The molecule has 4 heteroatoms. The van der Waals surface area contributed by atoms with Crippen LogP contribution in [0.2, 0.25) is 0 Å². The van der Waals surface area contributed by atoms with Crippen LogP contribution in [0.15, 0.2) is 48.7 Å². The second-order valence-corrected chi connectivity index (χ2v) is 5.28. The van der Waals surface area contributed by atoms with E-state index in [1.807, 2.05) is 54.6 Å². The van der Waals surface area contributed by atoms with Gasteiger partial charge in [0.2, 0.25) is 5.91 Å². The molecule has 0 unspecified atom stereocenters. The number of aromatic nitrogens is 1. The number of carbonyl (C=O) groups excluding carboxylic acids is 1. The Morgan fingerprint density at radius 3 is 2.60 bits per heavy atom. The molecule has 1 aromatic carbocycles. The molecule has 1 heterocycles. The van der Waals surface area contributed by atoms with Crippen molar-refractivity contribution in [1.29, 1.82) is 0 Å². The van der Waals surface area contributed by atoms with Crippen molar-refractivity contribution in [2.75, 3.05) is 9.74 Å². The first-order chi connectivity index (χ1) is 9.78. The molecular formula is C16H15IN2O. The standard InChI is InChI=1S/C16H15IN2O/c17-11-10-16(20)19-15-8-5-13(6-9-15)4-7-14-3-1-2-12-18-14/h1-9,12H,10-11H2,(H,19,20). The normalized spacial score (nSPS) is 10.7. The molecule has 0 aliphatic carbocycles. The molecule has 0 bridgehead atoms. The number of carbonyl (C=O) groups is 1. The highest BCUT2D eigenvalue weighted by Gasteiger charge is 2.00. The van der Waals surface area contributed by atoms with Crippen LogP contribution in [0.25, 0.3) is 12.2 Å². The zero-order valence-electron chi connectivity index (χ0n) is 10.9. The van der Waals surface area contributed by atoms with Crippen molar-refractivity contribution in [3.05, 3.63) is 59.9 Å². The van der Waals surface area contributed by atoms with Gasteiger partial charge in [-0.2, -0.15) is 0 Å². The van der Waals surface area contributed by atoms with Gasteiger partial charge in [0.25, 0.3) is 0 Å². The third-order valence-electron chi connectivity index (χ3n) is 2.65. The Morgan fingerprint density at radius 1 is 1.15 bits per heavy atom. The Hall–Kier alpha value is -1.69. The number of halogens is 1. The number of amides is 1. The molecule has 102 valence electrons. The first-order valence-electron chi connectivity index (χ1n) is 6.33. The maximum absolute atomic E-state index is 11.5. The average Bonchev–Trinajstić information content (AvgIpc) is 2.48. The van der Waals surface area contributed by atoms with E-state index in [0.29, 0.717) is 6.42 Å². The molecular weight excluding hydrogens is 363 g/mol. The predicted molar refractivity (Wildman–Crippen MR) is 91.7 cm³/mol. The van der Waals surface area contributed by atoms with E-state index in [9.17, 15) is 4.79 Å². The third kappa shape index (κ3) is 4.77. The van der Waals surface area contributed by atoms with Gasteiger partial charge in [-0.25, -0.2) is 0 Å². The lowest BCUT2D eigenvalue weighted by Crippen LogP contribution is -2.11. The second-order valence-electron chi connectivity index (χ2n) is 4.20. The molecule has 2 rings (SSSR count). The van der Waals surface area contributed by atoms with Crippen LogP contribution in [-0.2, 0) is 4.79 Å². The van der Waals surface area contributed by atoms with Crippen LogP contribution in [0.4, 0.5) is 5.69 Å². The lowest BCUT2D eigenvalue weighted by Gasteiger charge is -2.04. The monoisotopic (exact) mass is 378 g/mol. The van der Waals surface area contributed by atoms with Gasteiger partial charge in [-0.3, -0.25) is 9.78 Å². The van der Waals surface area contributed by atoms with Gasteiger partial charge in [0.15, 0.2) is 0 Å². The molecule has 2 aromatic rings. The number of hydrogen-bond donors (Lipinski definition) is 1. The summed E-state index contributed by atoms with van der Waals surface area (Å²) in [5, 5.41) is 2.86. The molecule has 1 aromatic heterocycles. The van der Waals surface area contributed by atoms with Crippen molar-refractivity contribution in [1.82, 2.24) is 4.98 Å². The number of hydrogen-bond acceptors (Lipinski definition) is 2. The van der Waals surface area contributed by atoms with Crippen molar-refractivity contribution in [2.24, 2.45) is 0 Å². The topological polar surface area (TPSA) is 42.0 Å². The number of nitrogens with zero attached hydrogens (tertiary/aromatic N) is 1. The van der Waals surface area contributed by atoms with Crippen LogP contribution in [0.1, 0.15) is 17.7 Å². The van der Waals surface area contributed by atoms with Crippen LogP contribution in [0.5, 0.6) is 0 Å². The Morgan fingerprint density at radius 2 is 1.95 bits per heavy atom. The molecule has 1 N–H and O–H groups in total. The number of rotatable bonds is 5. The first-order valence-corrected chi connectivity index (χ1v) is 7.85. The molecule has 0 spiro atoms. The zero-order chi connectivity index (χ0) is 14.2. The highest BCUT2D eigenvalue weighted by molar-refractivity contribution is 14.1. The lowest BCUT2D eigenvalue weighted by atomic mass is 10.2. The fourth-order valence-corrected chi connectivity index (χ4v) is 2.13. The zero-order valence-corrected chi connectivity index (χ0v) is 13.1. The summed E-state index contributed by atoms with van der Waals surface area (Å²) in [6.07, 6.45) is 6.27. The van der Waals surface area contributed by atoms with Gasteiger partial charge in [-0.05, 0) is 35.9 Å². The summed E-state index contributed by atoms with van der Waals surface area (Å²) in [4.78, 5) is 15.7. The van der Waals surface area contributed by atoms with Crippen LogP contribution in [0.3, 0.4) is 0 Å². The van der Waals surface area contributed by atoms with E-state index in [0.717, 1.165) is 21.4 Å². The number of nitrogens with one attached hydrogen (secondary N) is 1. The summed E-state index contributed by atoms with van der Waals surface area (Å²) in [6.45, 7) is 0. The molecule has 0 aliphatic rings. The minimum atomic E-state index is 0.0520. The lowest BCUT2D eigenvalue weighted by molar-refractivity contribution is -0.115. The Bertz CT molecular complexity index is 579. The van der Waals surface area contributed by atoms with E-state index in [1.54, 1.807) is 6.20 Å². The molecule has 0 saturated heterocycles. The molecule has 0 aliphatic heterocycles. The summed E-state index contributed by atoms with van der Waals surface area (Å²) in [5.74, 6) is 0.0520. The van der Waals surface area contributed by atoms with E-state index in [2.05, 4.69) is 32.9 Å². The molecule has 0 fully saturated rings. The van der Waals surface area contributed by atoms with E-state index >= 15 is 0 Å². The Kier molecular flexibility index (Phi) is 5.73. The minimum Gasteiger partial charge on any atom is -0.326 e. The maximum atomic E-state index is 11.5. The van der Waals surface area contributed by atoms with E-state index < -0.39 is 0 Å². The van der Waals surface area contributed by atoms with Gasteiger partial charge >= 0.3 is 0 Å². The number of anilines is 1. The smallest absolute Gasteiger partial charge is 0.225 e. The molecule has 0 atom stereocenters. The van der Waals surface area contributed by atoms with Crippen molar-refractivity contribution in [2.45, 2.75) is 6.42 Å². The highest BCUT2D eigenvalue weighted by atomic mass is 127. The average molecular weight is 378 g/mol. The summed E-state index contributed by atoms with van der Waals surface area (Å²) in [6, 6.07) is 13.6. The van der Waals surface area contributed by atoms with Gasteiger partial charge < -0.3 is 5.32 Å². The van der Waals surface area contributed by atoms with Gasteiger partial charge in [0.1, 0.15) is 0 Å². The Balaban J connectivity index is 1.98. The van der Waals surface area contributed by atoms with Gasteiger partial charge in [-0.15, -0.1) is 0 Å². The summed E-state index contributed by atoms with van der Waals surface area (Å²) in [7, 11) is 0. The van der Waals surface area contributed by atoms with E-state index in [-0.39, 0.29) is 5.91 Å². The number of alkyl halides is 1. The summed E-state index contributed by atoms with van der Waals surface area (Å²) < 4.78 is 0.828. The molecule has 0 radical (unpaired) electrons. The van der Waals surface area contributed by atoms with E-state index in [4.69, 9.17) is 0 Å². The van der Waals surface area contributed by atoms with Crippen molar-refractivity contribution in [3.63, 3.8) is 0 Å². The van der Waals surface area contributed by atoms with Crippen LogP contribution in [0, 0.1) is 0 Å². The van der Waals surface area contributed by atoms with Gasteiger partial charge in [0, 0.05) is 22.7 Å². The molecule has 3 nitrogen and oxygen atoms in total. The van der Waals surface area contributed by atoms with Gasteiger partial charge in [0.05, 0.1) is 5.69 Å². The summed E-state index contributed by atoms with van der Waals surface area (Å²) in [5.41, 5.74) is 2.82. The quantitative estimate of drug-likeness (QED) is 0.631. The van der Waals surface area contributed by atoms with Crippen LogP contribution in [-0.4, -0.2) is 15.3 Å². The SMILES string of the molecule is O=C(CCI)Nc1ccc(C=Cc2ccccn2)cc1. The van der Waals surface area contributed by atoms with Crippen LogP contribution >= 0.6 is 22.6 Å². The Labute approximate surface area is 132 Å². The molecule has 1 amide bonds. The van der Waals surface area contributed by atoms with E-state index in [1.165, 1.54) is 0 Å². The van der Waals surface area contributed by atoms with Crippen molar-refractivity contribution < 1.29 is 4.79 Å². The predicted octanol–water partition coefficient (Wildman–Crippen LogP) is 4.02. The largest absolute Gasteiger partial charge is 0.326 e. The van der Waals surface area contributed by atoms with Crippen molar-refractivity contribution >= 4 is 46.3 Å². The number of benzene rings is 1. The van der Waals surface area contributed by atoms with Crippen molar-refractivity contribution in [3.8, 4) is 0 Å². The third-order valence-corrected chi connectivity index (χ3v) is 3.19. The summed E-state index contributed by atoms with van der Waals surface area (Å²) >= 11 is 2.19. The number of pyridine rings is 1. The first kappa shape index (κ1) is 14.7. The fraction of sp³-hybridized carbons (Fsp3) is 0.125. The maximum Gasteiger partial charge on any atom is 0.225 e.